The maximum absolute atomic E-state index is 12.4. The van der Waals surface area contributed by atoms with Gasteiger partial charge in [0.05, 0.1) is 6.54 Å². The second-order valence-corrected chi connectivity index (χ2v) is 8.63. The van der Waals surface area contributed by atoms with E-state index in [-0.39, 0.29) is 5.78 Å². The second kappa shape index (κ2) is 16.8. The van der Waals surface area contributed by atoms with Crippen LogP contribution in [0.2, 0.25) is 0 Å². The van der Waals surface area contributed by atoms with Crippen LogP contribution in [0.4, 0.5) is 0 Å². The van der Waals surface area contributed by atoms with Crippen LogP contribution in [0.25, 0.3) is 0 Å². The molecule has 0 atom stereocenters. The Hall–Kier alpha value is -3.83. The molecule has 11 heteroatoms. The van der Waals surface area contributed by atoms with Crippen molar-refractivity contribution in [3.05, 3.63) is 59.7 Å². The predicted molar refractivity (Wildman–Crippen MR) is 135 cm³/mol. The van der Waals surface area contributed by atoms with Crippen LogP contribution in [-0.2, 0) is 19.2 Å². The lowest BCUT2D eigenvalue weighted by Gasteiger charge is -2.31. The Kier molecular flexibility index (Phi) is 14.1. The normalized spacial score (nSPS) is 16.5. The number of carboxylic acid groups (broad SMARTS) is 4. The van der Waals surface area contributed by atoms with Gasteiger partial charge in [-0.15, -0.1) is 0 Å². The number of rotatable bonds is 8. The van der Waals surface area contributed by atoms with E-state index < -0.39 is 23.9 Å². The number of piperazine rings is 1. The van der Waals surface area contributed by atoms with Crippen LogP contribution < -0.4 is 0 Å². The maximum atomic E-state index is 12.4. The molecule has 1 saturated carbocycles. The standard InChI is InChI=1S/C18H26N2O.2C4H4O4/c1-19-10-12-20(13-11-19)14-18(21)17-8-6-16(7-9-17)15-4-2-3-5-15;2*5-3(6)1-2-4(7)8/h6-9,15H,2-5,10-14H2,1H3;2*1-2H,(H,5,6)(H,7,8)/b;2*2-1-. The van der Waals surface area contributed by atoms with E-state index in [1.165, 1.54) is 31.2 Å². The number of Topliss-reactive ketones (excluding diaryl/α,β-unsaturated/α-hetero) is 1. The van der Waals surface area contributed by atoms with Crippen molar-refractivity contribution in [2.75, 3.05) is 39.8 Å². The summed E-state index contributed by atoms with van der Waals surface area (Å²) < 4.78 is 0. The third-order valence-corrected chi connectivity index (χ3v) is 5.76. The molecule has 0 aromatic heterocycles. The van der Waals surface area contributed by atoms with Gasteiger partial charge in [0, 0.05) is 56.0 Å². The summed E-state index contributed by atoms with van der Waals surface area (Å²) in [4.78, 5) is 55.2. The van der Waals surface area contributed by atoms with Gasteiger partial charge < -0.3 is 25.3 Å². The number of ketones is 1. The molecule has 2 fully saturated rings. The molecule has 0 radical (unpaired) electrons. The molecule has 0 amide bonds. The first-order valence-corrected chi connectivity index (χ1v) is 11.8. The van der Waals surface area contributed by atoms with Crippen LogP contribution in [0, 0.1) is 0 Å². The zero-order valence-electron chi connectivity index (χ0n) is 20.8. The first-order valence-electron chi connectivity index (χ1n) is 11.8. The van der Waals surface area contributed by atoms with E-state index in [1.807, 2.05) is 12.1 Å². The van der Waals surface area contributed by atoms with Crippen LogP contribution in [0.3, 0.4) is 0 Å². The first kappa shape index (κ1) is 31.2. The smallest absolute Gasteiger partial charge is 0.328 e. The Morgan fingerprint density at radius 2 is 1.14 bits per heavy atom. The number of hydrogen-bond acceptors (Lipinski definition) is 7. The molecular weight excluding hydrogens is 484 g/mol. The average Bonchev–Trinajstić information content (AvgIpc) is 3.39. The Morgan fingerprint density at radius 3 is 1.51 bits per heavy atom. The molecule has 3 rings (SSSR count). The molecule has 1 aromatic rings. The highest BCUT2D eigenvalue weighted by Gasteiger charge is 2.19. The van der Waals surface area contributed by atoms with Crippen LogP contribution in [-0.4, -0.2) is 99.7 Å². The minimum absolute atomic E-state index is 0.262. The summed E-state index contributed by atoms with van der Waals surface area (Å²) in [5.74, 6) is -4.04. The van der Waals surface area contributed by atoms with E-state index in [1.54, 1.807) is 0 Å². The third kappa shape index (κ3) is 14.4. The quantitative estimate of drug-likeness (QED) is 0.293. The minimum atomic E-state index is -1.26. The highest BCUT2D eigenvalue weighted by atomic mass is 16.4. The summed E-state index contributed by atoms with van der Waals surface area (Å²) >= 11 is 0. The van der Waals surface area contributed by atoms with Gasteiger partial charge in [0.1, 0.15) is 0 Å². The van der Waals surface area contributed by atoms with E-state index in [2.05, 4.69) is 29.0 Å². The van der Waals surface area contributed by atoms with Gasteiger partial charge in [-0.05, 0) is 31.4 Å². The average molecular weight is 519 g/mol. The van der Waals surface area contributed by atoms with Crippen molar-refractivity contribution in [3.8, 4) is 0 Å². The fourth-order valence-corrected chi connectivity index (χ4v) is 3.79. The van der Waals surface area contributed by atoms with E-state index in [9.17, 15) is 24.0 Å². The van der Waals surface area contributed by atoms with Crippen LogP contribution >= 0.6 is 0 Å². The third-order valence-electron chi connectivity index (χ3n) is 5.76. The first-order chi connectivity index (χ1) is 17.5. The Morgan fingerprint density at radius 1 is 0.730 bits per heavy atom. The fraction of sp³-hybridized carbons (Fsp3) is 0.423. The molecule has 2 aliphatic rings. The summed E-state index contributed by atoms with van der Waals surface area (Å²) in [7, 11) is 2.14. The van der Waals surface area contributed by atoms with Crippen molar-refractivity contribution in [2.24, 2.45) is 0 Å². The molecule has 1 saturated heterocycles. The minimum Gasteiger partial charge on any atom is -0.478 e. The lowest BCUT2D eigenvalue weighted by molar-refractivity contribution is -0.134. The molecule has 0 unspecified atom stereocenters. The summed E-state index contributed by atoms with van der Waals surface area (Å²) in [6.07, 6.45) is 7.57. The molecular formula is C26H34N2O9. The molecule has 1 aliphatic carbocycles. The Bertz CT molecular complexity index is 906. The summed E-state index contributed by atoms with van der Waals surface area (Å²) in [5.41, 5.74) is 2.29. The van der Waals surface area contributed by atoms with E-state index in [4.69, 9.17) is 20.4 Å². The molecule has 202 valence electrons. The summed E-state index contributed by atoms with van der Waals surface area (Å²) in [5, 5.41) is 31.2. The number of likely N-dealkylation sites (N-methyl/N-ethyl adjacent to an activating group) is 1. The van der Waals surface area contributed by atoms with Crippen molar-refractivity contribution >= 4 is 29.7 Å². The number of carboxylic acids is 4. The van der Waals surface area contributed by atoms with E-state index >= 15 is 0 Å². The van der Waals surface area contributed by atoms with Crippen molar-refractivity contribution < 1.29 is 44.4 Å². The largest absolute Gasteiger partial charge is 0.478 e. The van der Waals surface area contributed by atoms with Gasteiger partial charge in [0.2, 0.25) is 0 Å². The van der Waals surface area contributed by atoms with Gasteiger partial charge in [0.15, 0.2) is 5.78 Å². The summed E-state index contributed by atoms with van der Waals surface area (Å²) in [6, 6.07) is 8.42. The van der Waals surface area contributed by atoms with Crippen molar-refractivity contribution in [3.63, 3.8) is 0 Å². The number of hydrogen-bond donors (Lipinski definition) is 4. The number of carbonyl (C=O) groups is 5. The molecule has 1 aliphatic heterocycles. The van der Waals surface area contributed by atoms with Gasteiger partial charge in [0.25, 0.3) is 0 Å². The number of aliphatic carboxylic acids is 4. The van der Waals surface area contributed by atoms with Crippen molar-refractivity contribution in [1.29, 1.82) is 0 Å². The highest BCUT2D eigenvalue weighted by molar-refractivity contribution is 5.97. The number of nitrogens with zero attached hydrogens (tertiary/aromatic N) is 2. The number of carbonyl (C=O) groups excluding carboxylic acids is 1. The van der Waals surface area contributed by atoms with E-state index in [0.29, 0.717) is 30.8 Å². The van der Waals surface area contributed by atoms with Crippen LogP contribution in [0.5, 0.6) is 0 Å². The van der Waals surface area contributed by atoms with Gasteiger partial charge in [-0.25, -0.2) is 19.2 Å². The lowest BCUT2D eigenvalue weighted by Crippen LogP contribution is -2.46. The second-order valence-electron chi connectivity index (χ2n) is 8.63. The zero-order chi connectivity index (χ0) is 27.8. The zero-order valence-corrected chi connectivity index (χ0v) is 20.8. The topological polar surface area (TPSA) is 173 Å². The van der Waals surface area contributed by atoms with Crippen LogP contribution in [0.15, 0.2) is 48.6 Å². The van der Waals surface area contributed by atoms with E-state index in [0.717, 1.165) is 37.7 Å². The maximum Gasteiger partial charge on any atom is 0.328 e. The monoisotopic (exact) mass is 518 g/mol. The van der Waals surface area contributed by atoms with Crippen molar-refractivity contribution in [2.45, 2.75) is 31.6 Å². The van der Waals surface area contributed by atoms with Crippen LogP contribution in [0.1, 0.15) is 47.5 Å². The summed E-state index contributed by atoms with van der Waals surface area (Å²) in [6.45, 7) is 4.70. The molecule has 0 spiro atoms. The number of benzene rings is 1. The predicted octanol–water partition coefficient (Wildman–Crippen LogP) is 2.20. The Labute approximate surface area is 215 Å². The molecule has 4 N–H and O–H groups in total. The molecule has 0 bridgehead atoms. The fourth-order valence-electron chi connectivity index (χ4n) is 3.79. The van der Waals surface area contributed by atoms with Gasteiger partial charge in [-0.1, -0.05) is 37.1 Å². The lowest BCUT2D eigenvalue weighted by atomic mass is 9.96. The van der Waals surface area contributed by atoms with Gasteiger partial charge >= 0.3 is 23.9 Å². The molecule has 37 heavy (non-hydrogen) atoms. The molecule has 11 nitrogen and oxygen atoms in total. The molecule has 1 aromatic carbocycles. The SMILES string of the molecule is CN1CCN(CC(=O)c2ccc(C3CCCC3)cc2)CC1.O=C(O)/C=C\C(=O)O.O=C(O)/C=C\C(=O)O. The van der Waals surface area contributed by atoms with Crippen molar-refractivity contribution in [1.82, 2.24) is 9.80 Å². The van der Waals surface area contributed by atoms with Gasteiger partial charge in [-0.2, -0.15) is 0 Å². The van der Waals surface area contributed by atoms with Gasteiger partial charge in [-0.3, -0.25) is 9.69 Å². The molecule has 1 heterocycles. The Balaban J connectivity index is 0.000000355. The highest BCUT2D eigenvalue weighted by Crippen LogP contribution is 2.33.